The molecule has 0 rings (SSSR count). The molecule has 7 heteroatoms. The molecule has 0 aromatic carbocycles. The van der Waals surface area contributed by atoms with Gasteiger partial charge < -0.3 is 10.5 Å². The summed E-state index contributed by atoms with van der Waals surface area (Å²) in [5.74, 6) is -1.47. The molecule has 0 fully saturated rings. The fourth-order valence-electron chi connectivity index (χ4n) is 0.500. The van der Waals surface area contributed by atoms with E-state index in [2.05, 4.69) is 4.74 Å². The molecule has 0 spiro atoms. The molecule has 0 bridgehead atoms. The summed E-state index contributed by atoms with van der Waals surface area (Å²) in [4.78, 5) is 11.1. The van der Waals surface area contributed by atoms with Gasteiger partial charge in [-0.1, -0.05) is 0 Å². The van der Waals surface area contributed by atoms with Crippen LogP contribution >= 0.6 is 12.4 Å². The number of ether oxygens (including phenoxy) is 1. The van der Waals surface area contributed by atoms with E-state index in [-0.39, 0.29) is 12.4 Å². The Kier molecular flexibility index (Phi) is 5.16. The van der Waals surface area contributed by atoms with Gasteiger partial charge >= 0.3 is 12.1 Å². The molecule has 0 aliphatic carbocycles. The van der Waals surface area contributed by atoms with Crippen LogP contribution in [0.2, 0.25) is 0 Å². The highest BCUT2D eigenvalue weighted by atomic mass is 35.5. The standard InChI is InChI=1S/C8H14F3NO2.ClH/c1-6(2,3)14-5(13)7(4,12)8(9,10)11;/h12H2,1-4H3;1H. The zero-order valence-corrected chi connectivity index (χ0v) is 9.75. The minimum Gasteiger partial charge on any atom is -0.458 e. The molecule has 1 unspecified atom stereocenters. The van der Waals surface area contributed by atoms with Crippen LogP contribution < -0.4 is 5.73 Å². The Bertz CT molecular complexity index is 233. The van der Waals surface area contributed by atoms with Gasteiger partial charge in [-0.05, 0) is 27.7 Å². The molecule has 0 aliphatic heterocycles. The average Bonchev–Trinajstić information content (AvgIpc) is 1.80. The minimum absolute atomic E-state index is 0. The number of carbonyl (C=O) groups is 1. The lowest BCUT2D eigenvalue weighted by Gasteiger charge is -2.29. The number of hydrogen-bond acceptors (Lipinski definition) is 3. The van der Waals surface area contributed by atoms with Gasteiger partial charge in [-0.25, -0.2) is 4.79 Å². The zero-order chi connectivity index (χ0) is 11.8. The van der Waals surface area contributed by atoms with Crippen molar-refractivity contribution in [2.45, 2.75) is 45.0 Å². The average molecular weight is 250 g/mol. The number of halogens is 4. The van der Waals surface area contributed by atoms with Gasteiger partial charge in [0.2, 0.25) is 5.54 Å². The summed E-state index contributed by atoms with van der Waals surface area (Å²) in [7, 11) is 0. The molecule has 0 radical (unpaired) electrons. The molecular weight excluding hydrogens is 235 g/mol. The van der Waals surface area contributed by atoms with Crippen LogP contribution in [0, 0.1) is 0 Å². The molecule has 0 aromatic rings. The van der Waals surface area contributed by atoms with Crippen molar-refractivity contribution in [1.29, 1.82) is 0 Å². The van der Waals surface area contributed by atoms with Crippen molar-refractivity contribution in [3.05, 3.63) is 0 Å². The summed E-state index contributed by atoms with van der Waals surface area (Å²) in [5, 5.41) is 0. The van der Waals surface area contributed by atoms with Gasteiger partial charge in [-0.15, -0.1) is 12.4 Å². The second kappa shape index (κ2) is 4.57. The first-order valence-electron chi connectivity index (χ1n) is 3.97. The summed E-state index contributed by atoms with van der Waals surface area (Å²) in [6.07, 6.45) is -4.81. The zero-order valence-electron chi connectivity index (χ0n) is 8.94. The fourth-order valence-corrected chi connectivity index (χ4v) is 0.500. The Hall–Kier alpha value is -0.490. The Morgan fingerprint density at radius 3 is 1.67 bits per heavy atom. The van der Waals surface area contributed by atoms with Gasteiger partial charge in [0, 0.05) is 0 Å². The van der Waals surface area contributed by atoms with E-state index in [0.717, 1.165) is 0 Å². The SMILES string of the molecule is CC(C)(C)OC(=O)C(C)(N)C(F)(F)F.Cl. The van der Waals surface area contributed by atoms with Crippen LogP contribution in [-0.2, 0) is 9.53 Å². The number of esters is 1. The summed E-state index contributed by atoms with van der Waals surface area (Å²) < 4.78 is 41.2. The minimum atomic E-state index is -4.81. The quantitative estimate of drug-likeness (QED) is 0.724. The molecule has 3 nitrogen and oxygen atoms in total. The van der Waals surface area contributed by atoms with Crippen LogP contribution in [0.5, 0.6) is 0 Å². The molecule has 15 heavy (non-hydrogen) atoms. The second-order valence-electron chi connectivity index (χ2n) is 4.20. The normalized spacial score (nSPS) is 16.3. The molecule has 0 saturated carbocycles. The van der Waals surface area contributed by atoms with Crippen molar-refractivity contribution >= 4 is 18.4 Å². The lowest BCUT2D eigenvalue weighted by Crippen LogP contribution is -2.59. The van der Waals surface area contributed by atoms with Gasteiger partial charge in [-0.2, -0.15) is 13.2 Å². The van der Waals surface area contributed by atoms with Crippen LogP contribution in [0.1, 0.15) is 27.7 Å². The second-order valence-corrected chi connectivity index (χ2v) is 4.20. The molecule has 0 amide bonds. The first-order chi connectivity index (χ1) is 5.88. The third-order valence-corrected chi connectivity index (χ3v) is 1.41. The van der Waals surface area contributed by atoms with E-state index >= 15 is 0 Å². The molecule has 2 N–H and O–H groups in total. The van der Waals surface area contributed by atoms with Crippen molar-refractivity contribution in [2.75, 3.05) is 0 Å². The Morgan fingerprint density at radius 2 is 1.47 bits per heavy atom. The van der Waals surface area contributed by atoms with Crippen molar-refractivity contribution < 1.29 is 22.7 Å². The first-order valence-corrected chi connectivity index (χ1v) is 3.97. The van der Waals surface area contributed by atoms with Gasteiger partial charge in [0.15, 0.2) is 0 Å². The summed E-state index contributed by atoms with van der Waals surface area (Å²) in [5.41, 5.74) is 0.904. The van der Waals surface area contributed by atoms with Crippen molar-refractivity contribution in [3.8, 4) is 0 Å². The monoisotopic (exact) mass is 249 g/mol. The molecule has 0 saturated heterocycles. The van der Waals surface area contributed by atoms with Crippen LogP contribution in [0.3, 0.4) is 0 Å². The van der Waals surface area contributed by atoms with Crippen molar-refractivity contribution in [2.24, 2.45) is 5.73 Å². The largest absolute Gasteiger partial charge is 0.458 e. The summed E-state index contributed by atoms with van der Waals surface area (Å²) in [6, 6.07) is 0. The lowest BCUT2D eigenvalue weighted by molar-refractivity contribution is -0.208. The third-order valence-electron chi connectivity index (χ3n) is 1.41. The highest BCUT2D eigenvalue weighted by molar-refractivity contribution is 5.85. The summed E-state index contributed by atoms with van der Waals surface area (Å²) >= 11 is 0. The van der Waals surface area contributed by atoms with Crippen LogP contribution in [0.15, 0.2) is 0 Å². The van der Waals surface area contributed by atoms with E-state index in [9.17, 15) is 18.0 Å². The molecule has 1 atom stereocenters. The van der Waals surface area contributed by atoms with Crippen molar-refractivity contribution in [1.82, 2.24) is 0 Å². The highest BCUT2D eigenvalue weighted by Gasteiger charge is 2.55. The van der Waals surface area contributed by atoms with Crippen LogP contribution in [-0.4, -0.2) is 23.3 Å². The molecule has 0 aliphatic rings. The number of nitrogens with two attached hydrogens (primary N) is 1. The number of hydrogen-bond donors (Lipinski definition) is 1. The molecular formula is C8H15ClF3NO2. The Morgan fingerprint density at radius 1 is 1.13 bits per heavy atom. The van der Waals surface area contributed by atoms with Gasteiger partial charge in [-0.3, -0.25) is 0 Å². The molecule has 0 heterocycles. The van der Waals surface area contributed by atoms with Gasteiger partial charge in [0.1, 0.15) is 5.60 Å². The third kappa shape index (κ3) is 4.70. The van der Waals surface area contributed by atoms with E-state index in [1.165, 1.54) is 20.8 Å². The Labute approximate surface area is 92.6 Å². The van der Waals surface area contributed by atoms with E-state index in [1.54, 1.807) is 0 Å². The molecule has 0 aromatic heterocycles. The predicted octanol–water partition coefficient (Wildman–Crippen LogP) is 2.03. The maximum atomic E-state index is 12.2. The number of rotatable bonds is 1. The highest BCUT2D eigenvalue weighted by Crippen LogP contribution is 2.30. The predicted molar refractivity (Wildman–Crippen MR) is 51.7 cm³/mol. The first kappa shape index (κ1) is 16.9. The van der Waals surface area contributed by atoms with E-state index in [0.29, 0.717) is 6.92 Å². The fraction of sp³-hybridized carbons (Fsp3) is 0.875. The van der Waals surface area contributed by atoms with E-state index < -0.39 is 23.3 Å². The smallest absolute Gasteiger partial charge is 0.416 e. The van der Waals surface area contributed by atoms with Gasteiger partial charge in [0.25, 0.3) is 0 Å². The lowest BCUT2D eigenvalue weighted by atomic mass is 10.0. The summed E-state index contributed by atoms with van der Waals surface area (Å²) in [6.45, 7) is 4.99. The number of carbonyl (C=O) groups excluding carboxylic acids is 1. The topological polar surface area (TPSA) is 52.3 Å². The van der Waals surface area contributed by atoms with Crippen LogP contribution in [0.25, 0.3) is 0 Å². The van der Waals surface area contributed by atoms with E-state index in [1.807, 2.05) is 0 Å². The van der Waals surface area contributed by atoms with Gasteiger partial charge in [0.05, 0.1) is 0 Å². The van der Waals surface area contributed by atoms with E-state index in [4.69, 9.17) is 5.73 Å². The van der Waals surface area contributed by atoms with Crippen LogP contribution in [0.4, 0.5) is 13.2 Å². The molecule has 92 valence electrons. The van der Waals surface area contributed by atoms with Crippen molar-refractivity contribution in [3.63, 3.8) is 0 Å². The number of alkyl halides is 3. The maximum absolute atomic E-state index is 12.2. The maximum Gasteiger partial charge on any atom is 0.416 e. The Balaban J connectivity index is 0.